The second kappa shape index (κ2) is 9.74. The van der Waals surface area contributed by atoms with Crippen LogP contribution >= 0.6 is 0 Å². The van der Waals surface area contributed by atoms with Gasteiger partial charge in [-0.3, -0.25) is 9.59 Å². The Morgan fingerprint density at radius 1 is 1.04 bits per heavy atom. The summed E-state index contributed by atoms with van der Waals surface area (Å²) in [5.74, 6) is -2.45. The number of allylic oxidation sites excluding steroid dienone is 2. The second-order valence-corrected chi connectivity index (χ2v) is 6.93. The summed E-state index contributed by atoms with van der Waals surface area (Å²) in [4.78, 5) is 23.9. The molecule has 0 bridgehead atoms. The molecule has 0 spiro atoms. The summed E-state index contributed by atoms with van der Waals surface area (Å²) in [7, 11) is 0. The fourth-order valence-electron chi connectivity index (χ4n) is 3.35. The summed E-state index contributed by atoms with van der Waals surface area (Å²) in [6, 6.07) is 0. The molecule has 0 heterocycles. The van der Waals surface area contributed by atoms with E-state index in [9.17, 15) is 14.7 Å². The second-order valence-electron chi connectivity index (χ2n) is 6.93. The van der Waals surface area contributed by atoms with Crippen LogP contribution in [0.3, 0.4) is 0 Å². The lowest BCUT2D eigenvalue weighted by Gasteiger charge is -2.33. The number of esters is 1. The van der Waals surface area contributed by atoms with Crippen LogP contribution in [0.4, 0.5) is 0 Å². The minimum atomic E-state index is -0.906. The first-order valence-corrected chi connectivity index (χ1v) is 9.04. The number of ether oxygens (including phenoxy) is 1. The molecular formula is C19H32O4. The molecule has 3 atom stereocenters. The van der Waals surface area contributed by atoms with Crippen LogP contribution in [0.1, 0.15) is 78.6 Å². The zero-order chi connectivity index (χ0) is 17.3. The van der Waals surface area contributed by atoms with Gasteiger partial charge in [-0.2, -0.15) is 0 Å². The first kappa shape index (κ1) is 19.7. The number of carboxylic acid groups (broad SMARTS) is 1. The normalized spacial score (nSPS) is 23.3. The molecule has 0 saturated carbocycles. The van der Waals surface area contributed by atoms with Gasteiger partial charge in [0.05, 0.1) is 11.8 Å². The SMILES string of the molecule is CCCCCCC(C)(CCC)OC(=O)C1CC=CCC1C(=O)O. The van der Waals surface area contributed by atoms with Crippen LogP contribution in [-0.4, -0.2) is 22.6 Å². The van der Waals surface area contributed by atoms with Crippen molar-refractivity contribution in [3.63, 3.8) is 0 Å². The van der Waals surface area contributed by atoms with E-state index in [0.717, 1.165) is 32.1 Å². The van der Waals surface area contributed by atoms with Crippen molar-refractivity contribution in [1.29, 1.82) is 0 Å². The average Bonchev–Trinajstić information content (AvgIpc) is 2.51. The standard InChI is InChI=1S/C19H32O4/c1-4-6-7-10-14-19(3,13-5-2)23-18(22)16-12-9-8-11-15(16)17(20)21/h8-9,15-16H,4-7,10-14H2,1-3H3,(H,20,21). The van der Waals surface area contributed by atoms with Crippen molar-refractivity contribution in [2.45, 2.75) is 84.2 Å². The molecule has 1 rings (SSSR count). The van der Waals surface area contributed by atoms with Crippen LogP contribution in [0.15, 0.2) is 12.2 Å². The van der Waals surface area contributed by atoms with Crippen LogP contribution in [0, 0.1) is 11.8 Å². The number of hydrogen-bond acceptors (Lipinski definition) is 3. The van der Waals surface area contributed by atoms with Crippen LogP contribution in [0.5, 0.6) is 0 Å². The fourth-order valence-corrected chi connectivity index (χ4v) is 3.35. The number of rotatable bonds is 10. The molecule has 0 fully saturated rings. The Kier molecular flexibility index (Phi) is 8.35. The number of unbranched alkanes of at least 4 members (excludes halogenated alkanes) is 3. The molecule has 3 unspecified atom stereocenters. The van der Waals surface area contributed by atoms with Gasteiger partial charge in [-0.1, -0.05) is 51.7 Å². The molecule has 0 radical (unpaired) electrons. The van der Waals surface area contributed by atoms with Crippen molar-refractivity contribution in [2.24, 2.45) is 11.8 Å². The van der Waals surface area contributed by atoms with Crippen LogP contribution in [-0.2, 0) is 14.3 Å². The maximum atomic E-state index is 12.6. The number of aliphatic carboxylic acids is 1. The van der Waals surface area contributed by atoms with Crippen molar-refractivity contribution in [3.8, 4) is 0 Å². The van der Waals surface area contributed by atoms with Crippen molar-refractivity contribution in [1.82, 2.24) is 0 Å². The highest BCUT2D eigenvalue weighted by atomic mass is 16.6. The molecule has 1 aliphatic rings. The molecule has 1 N–H and O–H groups in total. The van der Waals surface area contributed by atoms with Gasteiger partial charge in [-0.25, -0.2) is 0 Å². The summed E-state index contributed by atoms with van der Waals surface area (Å²) in [5, 5.41) is 9.32. The minimum Gasteiger partial charge on any atom is -0.481 e. The maximum absolute atomic E-state index is 12.6. The third-order valence-electron chi connectivity index (χ3n) is 4.74. The predicted octanol–water partition coefficient (Wildman–Crippen LogP) is 4.73. The lowest BCUT2D eigenvalue weighted by Crippen LogP contribution is -2.39. The fraction of sp³-hybridized carbons (Fsp3) is 0.789. The smallest absolute Gasteiger partial charge is 0.310 e. The van der Waals surface area contributed by atoms with Crippen molar-refractivity contribution < 1.29 is 19.4 Å². The van der Waals surface area contributed by atoms with Gasteiger partial charge in [0.25, 0.3) is 0 Å². The Bertz CT molecular complexity index is 416. The monoisotopic (exact) mass is 324 g/mol. The zero-order valence-corrected chi connectivity index (χ0v) is 14.8. The van der Waals surface area contributed by atoms with Gasteiger partial charge in [-0.05, 0) is 39.0 Å². The Labute approximate surface area is 140 Å². The predicted molar refractivity (Wildman–Crippen MR) is 91.2 cm³/mol. The van der Waals surface area contributed by atoms with Gasteiger partial charge in [-0.15, -0.1) is 0 Å². The van der Waals surface area contributed by atoms with E-state index in [-0.39, 0.29) is 5.97 Å². The highest BCUT2D eigenvalue weighted by Crippen LogP contribution is 2.32. The van der Waals surface area contributed by atoms with Crippen molar-refractivity contribution in [3.05, 3.63) is 12.2 Å². The van der Waals surface area contributed by atoms with E-state index < -0.39 is 23.4 Å². The third-order valence-corrected chi connectivity index (χ3v) is 4.74. The quantitative estimate of drug-likeness (QED) is 0.358. The van der Waals surface area contributed by atoms with E-state index in [1.807, 2.05) is 19.1 Å². The number of carbonyl (C=O) groups excluding carboxylic acids is 1. The van der Waals surface area contributed by atoms with Crippen LogP contribution < -0.4 is 0 Å². The molecule has 0 aromatic rings. The van der Waals surface area contributed by atoms with E-state index in [1.54, 1.807) is 0 Å². The van der Waals surface area contributed by atoms with Gasteiger partial charge >= 0.3 is 11.9 Å². The molecule has 4 heteroatoms. The topological polar surface area (TPSA) is 63.6 Å². The van der Waals surface area contributed by atoms with E-state index >= 15 is 0 Å². The van der Waals surface area contributed by atoms with Crippen LogP contribution in [0.25, 0.3) is 0 Å². The Morgan fingerprint density at radius 2 is 1.70 bits per heavy atom. The van der Waals surface area contributed by atoms with Crippen molar-refractivity contribution >= 4 is 11.9 Å². The highest BCUT2D eigenvalue weighted by molar-refractivity contribution is 5.82. The summed E-state index contributed by atoms with van der Waals surface area (Å²) >= 11 is 0. The molecule has 4 nitrogen and oxygen atoms in total. The number of carbonyl (C=O) groups is 2. The van der Waals surface area contributed by atoms with Gasteiger partial charge in [0, 0.05) is 0 Å². The van der Waals surface area contributed by atoms with Gasteiger partial charge in [0.2, 0.25) is 0 Å². The molecule has 23 heavy (non-hydrogen) atoms. The molecule has 0 aromatic heterocycles. The molecule has 1 aliphatic carbocycles. The van der Waals surface area contributed by atoms with E-state index in [1.165, 1.54) is 12.8 Å². The average molecular weight is 324 g/mol. The first-order valence-electron chi connectivity index (χ1n) is 9.04. The first-order chi connectivity index (χ1) is 10.9. The van der Waals surface area contributed by atoms with Crippen LogP contribution in [0.2, 0.25) is 0 Å². The van der Waals surface area contributed by atoms with Crippen molar-refractivity contribution in [2.75, 3.05) is 0 Å². The lowest BCUT2D eigenvalue weighted by atomic mass is 9.82. The summed E-state index contributed by atoms with van der Waals surface area (Å²) < 4.78 is 5.84. The van der Waals surface area contributed by atoms with E-state index in [2.05, 4.69) is 13.8 Å². The Balaban J connectivity index is 2.68. The maximum Gasteiger partial charge on any atom is 0.310 e. The van der Waals surface area contributed by atoms with Gasteiger partial charge < -0.3 is 9.84 Å². The Hall–Kier alpha value is -1.32. The van der Waals surface area contributed by atoms with Gasteiger partial charge in [0.1, 0.15) is 5.60 Å². The third kappa shape index (κ3) is 6.36. The minimum absolute atomic E-state index is 0.340. The summed E-state index contributed by atoms with van der Waals surface area (Å²) in [6.07, 6.45) is 11.8. The summed E-state index contributed by atoms with van der Waals surface area (Å²) in [6.45, 7) is 6.25. The lowest BCUT2D eigenvalue weighted by molar-refractivity contribution is -0.170. The van der Waals surface area contributed by atoms with Gasteiger partial charge in [0.15, 0.2) is 0 Å². The largest absolute Gasteiger partial charge is 0.481 e. The molecule has 0 amide bonds. The molecule has 132 valence electrons. The molecule has 0 aliphatic heterocycles. The molecule has 0 aromatic carbocycles. The number of hydrogen-bond donors (Lipinski definition) is 1. The number of carboxylic acids is 1. The highest BCUT2D eigenvalue weighted by Gasteiger charge is 2.38. The Morgan fingerprint density at radius 3 is 2.26 bits per heavy atom. The molecular weight excluding hydrogens is 292 g/mol. The summed E-state index contributed by atoms with van der Waals surface area (Å²) in [5.41, 5.74) is -0.468. The zero-order valence-electron chi connectivity index (χ0n) is 14.8. The van der Waals surface area contributed by atoms with E-state index in [4.69, 9.17) is 4.74 Å². The van der Waals surface area contributed by atoms with E-state index in [0.29, 0.717) is 12.8 Å². The molecule has 0 saturated heterocycles.